The van der Waals surface area contributed by atoms with Gasteiger partial charge in [-0.3, -0.25) is 14.4 Å². The van der Waals surface area contributed by atoms with Gasteiger partial charge in [-0.15, -0.1) is 23.1 Å². The summed E-state index contributed by atoms with van der Waals surface area (Å²) in [5.41, 5.74) is 4.22. The predicted octanol–water partition coefficient (Wildman–Crippen LogP) is 8.84. The fraction of sp³-hybridized carbons (Fsp3) is 0.227. The number of carbonyl (C=O) groups is 3. The quantitative estimate of drug-likeness (QED) is 0.0750. The largest absolute Gasteiger partial charge is 0.493 e. The first kappa shape index (κ1) is 39.7. The molecule has 12 heteroatoms. The van der Waals surface area contributed by atoms with Gasteiger partial charge in [0.1, 0.15) is 16.8 Å². The van der Waals surface area contributed by atoms with E-state index in [4.69, 9.17) is 14.2 Å². The SMILES string of the molecule is CCC(Sc1cccc(NC(=O)/C(=C\c2cc(OC)c(OC)c(OC)c2)NC(=O)c2ccccc2)c1)C(=O)Nc1sc2c(c1C#N)CCC(c1ccccc1)C2. The van der Waals surface area contributed by atoms with Gasteiger partial charge in [0.15, 0.2) is 11.5 Å². The second-order valence-corrected chi connectivity index (χ2v) is 15.4. The third-order valence-electron chi connectivity index (χ3n) is 9.45. The first-order valence-electron chi connectivity index (χ1n) is 18.1. The maximum atomic E-state index is 13.9. The van der Waals surface area contributed by atoms with E-state index >= 15 is 0 Å². The molecule has 0 aliphatic heterocycles. The maximum Gasteiger partial charge on any atom is 0.272 e. The summed E-state index contributed by atoms with van der Waals surface area (Å²) < 4.78 is 16.4. The molecule has 56 heavy (non-hydrogen) atoms. The van der Waals surface area contributed by atoms with Gasteiger partial charge in [0.25, 0.3) is 11.8 Å². The summed E-state index contributed by atoms with van der Waals surface area (Å²) in [6, 6.07) is 31.9. The lowest BCUT2D eigenvalue weighted by Gasteiger charge is -2.22. The molecular weight excluding hydrogens is 745 g/mol. The number of benzene rings is 4. The van der Waals surface area contributed by atoms with E-state index in [0.717, 1.165) is 34.6 Å². The first-order chi connectivity index (χ1) is 27.2. The number of nitrogens with zero attached hydrogens (tertiary/aromatic N) is 1. The average molecular weight is 787 g/mol. The summed E-state index contributed by atoms with van der Waals surface area (Å²) in [4.78, 5) is 42.8. The zero-order valence-corrected chi connectivity index (χ0v) is 33.1. The van der Waals surface area contributed by atoms with Crippen molar-refractivity contribution in [2.75, 3.05) is 32.0 Å². The molecule has 0 fully saturated rings. The zero-order chi connectivity index (χ0) is 39.6. The molecule has 2 unspecified atom stereocenters. The van der Waals surface area contributed by atoms with E-state index in [-0.39, 0.29) is 11.6 Å². The van der Waals surface area contributed by atoms with E-state index in [1.165, 1.54) is 56.1 Å². The smallest absolute Gasteiger partial charge is 0.272 e. The van der Waals surface area contributed by atoms with E-state index in [9.17, 15) is 19.6 Å². The Kier molecular flexibility index (Phi) is 13.1. The number of rotatable bonds is 14. The molecule has 0 saturated heterocycles. The van der Waals surface area contributed by atoms with Crippen LogP contribution < -0.4 is 30.2 Å². The topological polar surface area (TPSA) is 139 Å². The minimum absolute atomic E-state index is 0.0287. The summed E-state index contributed by atoms with van der Waals surface area (Å²) in [7, 11) is 4.48. The van der Waals surface area contributed by atoms with Crippen molar-refractivity contribution in [3.8, 4) is 23.3 Å². The van der Waals surface area contributed by atoms with Crippen LogP contribution in [0.15, 0.2) is 108 Å². The molecule has 1 aliphatic carbocycles. The molecule has 2 atom stereocenters. The van der Waals surface area contributed by atoms with E-state index < -0.39 is 17.1 Å². The van der Waals surface area contributed by atoms with Gasteiger partial charge in [-0.25, -0.2) is 0 Å². The van der Waals surface area contributed by atoms with Gasteiger partial charge in [-0.05, 0) is 96.8 Å². The normalized spacial score (nSPS) is 14.1. The monoisotopic (exact) mass is 786 g/mol. The second-order valence-electron chi connectivity index (χ2n) is 13.0. The Balaban J connectivity index is 1.19. The number of nitriles is 1. The highest BCUT2D eigenvalue weighted by Gasteiger charge is 2.29. The van der Waals surface area contributed by atoms with Crippen LogP contribution in [0.4, 0.5) is 10.7 Å². The Bertz CT molecular complexity index is 2260. The number of thioether (sulfide) groups is 1. The van der Waals surface area contributed by atoms with Gasteiger partial charge < -0.3 is 30.2 Å². The van der Waals surface area contributed by atoms with Crippen molar-refractivity contribution in [3.63, 3.8) is 0 Å². The minimum Gasteiger partial charge on any atom is -0.493 e. The number of carbonyl (C=O) groups excluding carboxylic acids is 3. The Labute approximate surface area is 334 Å². The molecule has 3 N–H and O–H groups in total. The summed E-state index contributed by atoms with van der Waals surface area (Å²) >= 11 is 2.87. The Morgan fingerprint density at radius 1 is 0.911 bits per heavy atom. The van der Waals surface area contributed by atoms with Crippen molar-refractivity contribution >= 4 is 57.6 Å². The van der Waals surface area contributed by atoms with Crippen LogP contribution in [0.2, 0.25) is 0 Å². The van der Waals surface area contributed by atoms with Crippen molar-refractivity contribution in [1.82, 2.24) is 5.32 Å². The van der Waals surface area contributed by atoms with Crippen LogP contribution >= 0.6 is 23.1 Å². The van der Waals surface area contributed by atoms with E-state index in [1.54, 1.807) is 60.7 Å². The molecule has 4 aromatic carbocycles. The number of fused-ring (bicyclic) bond motifs is 1. The van der Waals surface area contributed by atoms with Crippen molar-refractivity contribution < 1.29 is 28.6 Å². The molecule has 3 amide bonds. The molecule has 0 bridgehead atoms. The highest BCUT2D eigenvalue weighted by atomic mass is 32.2. The highest BCUT2D eigenvalue weighted by molar-refractivity contribution is 8.00. The predicted molar refractivity (Wildman–Crippen MR) is 222 cm³/mol. The van der Waals surface area contributed by atoms with Gasteiger partial charge in [0.2, 0.25) is 11.7 Å². The highest BCUT2D eigenvalue weighted by Crippen LogP contribution is 2.43. The van der Waals surface area contributed by atoms with Crippen LogP contribution in [0.1, 0.15) is 63.2 Å². The zero-order valence-electron chi connectivity index (χ0n) is 31.5. The first-order valence-corrected chi connectivity index (χ1v) is 19.8. The van der Waals surface area contributed by atoms with Gasteiger partial charge in [0, 0.05) is 21.0 Å². The Hall–Kier alpha value is -6.03. The van der Waals surface area contributed by atoms with Crippen LogP contribution in [0, 0.1) is 11.3 Å². The summed E-state index contributed by atoms with van der Waals surface area (Å²) in [6.07, 6.45) is 4.65. The number of hydrogen-bond donors (Lipinski definition) is 3. The molecule has 6 rings (SSSR count). The molecule has 0 spiro atoms. The molecule has 1 aliphatic rings. The fourth-order valence-electron chi connectivity index (χ4n) is 6.62. The van der Waals surface area contributed by atoms with Crippen LogP contribution in [-0.4, -0.2) is 44.3 Å². The summed E-state index contributed by atoms with van der Waals surface area (Å²) in [6.45, 7) is 1.94. The summed E-state index contributed by atoms with van der Waals surface area (Å²) in [5.74, 6) is 0.289. The third kappa shape index (κ3) is 9.25. The second kappa shape index (κ2) is 18.5. The number of ether oxygens (including phenoxy) is 3. The number of hydrogen-bond acceptors (Lipinski definition) is 9. The van der Waals surface area contributed by atoms with Gasteiger partial charge >= 0.3 is 0 Å². The van der Waals surface area contributed by atoms with Crippen LogP contribution in [0.3, 0.4) is 0 Å². The number of thiophene rings is 1. The molecule has 1 heterocycles. The van der Waals surface area contributed by atoms with Crippen molar-refractivity contribution in [2.24, 2.45) is 0 Å². The Morgan fingerprint density at radius 3 is 2.25 bits per heavy atom. The molecule has 1 aromatic heterocycles. The Morgan fingerprint density at radius 2 is 1.61 bits per heavy atom. The van der Waals surface area contributed by atoms with E-state index in [1.807, 2.05) is 19.1 Å². The minimum atomic E-state index is -0.574. The fourth-order valence-corrected chi connectivity index (χ4v) is 8.91. The van der Waals surface area contributed by atoms with Gasteiger partial charge in [-0.2, -0.15) is 5.26 Å². The standard InChI is InChI=1S/C44H42N4O6S2/c1-5-38(43(51)48-44-34(26-45)33-20-19-30(24-39(33)56-44)28-13-8-6-9-14-28)55-32-18-12-17-31(25-32)46-42(50)35(47-41(49)29-15-10-7-11-16-29)21-27-22-36(52-2)40(54-4)37(23-27)53-3/h6-18,21-23,25,30,38H,5,19-20,24H2,1-4H3,(H,46,50)(H,47,49)(H,48,51)/b35-21+. The van der Waals surface area contributed by atoms with Crippen LogP contribution in [0.25, 0.3) is 6.08 Å². The van der Waals surface area contributed by atoms with Crippen LogP contribution in [0.5, 0.6) is 17.2 Å². The summed E-state index contributed by atoms with van der Waals surface area (Å²) in [5, 5.41) is 19.0. The van der Waals surface area contributed by atoms with Crippen molar-refractivity contribution in [1.29, 1.82) is 5.26 Å². The van der Waals surface area contributed by atoms with Crippen LogP contribution in [-0.2, 0) is 22.4 Å². The molecule has 0 radical (unpaired) electrons. The van der Waals surface area contributed by atoms with Gasteiger partial charge in [-0.1, -0.05) is 61.5 Å². The third-order valence-corrected chi connectivity index (χ3v) is 12.0. The lowest BCUT2D eigenvalue weighted by molar-refractivity contribution is -0.116. The number of amides is 3. The number of anilines is 2. The van der Waals surface area contributed by atoms with E-state index in [2.05, 4.69) is 46.3 Å². The van der Waals surface area contributed by atoms with E-state index in [0.29, 0.717) is 57.0 Å². The molecule has 5 aromatic rings. The molecule has 0 saturated carbocycles. The van der Waals surface area contributed by atoms with Gasteiger partial charge in [0.05, 0.1) is 32.1 Å². The van der Waals surface area contributed by atoms with Crippen molar-refractivity contribution in [2.45, 2.75) is 48.7 Å². The molecule has 10 nitrogen and oxygen atoms in total. The molecule has 286 valence electrons. The average Bonchev–Trinajstić information content (AvgIpc) is 3.58. The maximum absolute atomic E-state index is 13.9. The number of nitrogens with one attached hydrogen (secondary N) is 3. The van der Waals surface area contributed by atoms with Crippen molar-refractivity contribution in [3.05, 3.63) is 135 Å². The lowest BCUT2D eigenvalue weighted by Crippen LogP contribution is -2.30. The number of methoxy groups -OCH3 is 3. The molecular formula is C44H42N4O6S2. The lowest BCUT2D eigenvalue weighted by atomic mass is 9.83.